The molecule has 2 saturated heterocycles. The predicted molar refractivity (Wildman–Crippen MR) is 112 cm³/mol. The fraction of sp³-hybridized carbons (Fsp3) is 0.545. The van der Waals surface area contributed by atoms with Crippen molar-refractivity contribution in [2.45, 2.75) is 43.6 Å². The Morgan fingerprint density at radius 1 is 1.03 bits per heavy atom. The maximum atomic E-state index is 12.9. The Morgan fingerprint density at radius 2 is 1.65 bits per heavy atom. The minimum atomic E-state index is -4.39. The van der Waals surface area contributed by atoms with Crippen LogP contribution in [0.25, 0.3) is 0 Å². The summed E-state index contributed by atoms with van der Waals surface area (Å²) in [7, 11) is 2.09. The largest absolute Gasteiger partial charge is 0.416 e. The quantitative estimate of drug-likeness (QED) is 0.773. The number of piperazine rings is 1. The molecule has 0 saturated carbocycles. The van der Waals surface area contributed by atoms with Crippen molar-refractivity contribution in [3.05, 3.63) is 53.3 Å². The molecule has 6 nitrogen and oxygen atoms in total. The average Bonchev–Trinajstić information content (AvgIpc) is 2.73. The van der Waals surface area contributed by atoms with Crippen LogP contribution >= 0.6 is 0 Å². The Hall–Kier alpha value is -2.23. The molecular weight excluding hydrogens is 407 g/mol. The van der Waals surface area contributed by atoms with Gasteiger partial charge in [-0.25, -0.2) is 9.97 Å². The van der Waals surface area contributed by atoms with Gasteiger partial charge in [-0.2, -0.15) is 13.2 Å². The van der Waals surface area contributed by atoms with Crippen LogP contribution in [-0.2, 0) is 11.8 Å². The van der Waals surface area contributed by atoms with Gasteiger partial charge >= 0.3 is 6.18 Å². The van der Waals surface area contributed by atoms with E-state index in [-0.39, 0.29) is 12.1 Å². The fourth-order valence-electron chi connectivity index (χ4n) is 4.49. The topological polar surface area (TPSA) is 64.5 Å². The van der Waals surface area contributed by atoms with Gasteiger partial charge in [-0.3, -0.25) is 0 Å². The van der Waals surface area contributed by atoms with E-state index in [0.29, 0.717) is 24.4 Å². The van der Waals surface area contributed by atoms with Gasteiger partial charge in [0.1, 0.15) is 0 Å². The third-order valence-electron chi connectivity index (χ3n) is 6.27. The Morgan fingerprint density at radius 3 is 2.23 bits per heavy atom. The van der Waals surface area contributed by atoms with Crippen molar-refractivity contribution >= 4 is 5.95 Å². The van der Waals surface area contributed by atoms with Crippen LogP contribution in [0.1, 0.15) is 42.5 Å². The van der Waals surface area contributed by atoms with Gasteiger partial charge in [0.15, 0.2) is 0 Å². The van der Waals surface area contributed by atoms with Crippen LogP contribution in [0.5, 0.6) is 0 Å². The summed E-state index contributed by atoms with van der Waals surface area (Å²) in [5.41, 5.74) is -0.592. The number of piperidine rings is 1. The zero-order valence-corrected chi connectivity index (χ0v) is 17.7. The number of hydrogen-bond acceptors (Lipinski definition) is 6. The van der Waals surface area contributed by atoms with E-state index in [4.69, 9.17) is 0 Å². The molecule has 31 heavy (non-hydrogen) atoms. The summed E-state index contributed by atoms with van der Waals surface area (Å²) in [6, 6.07) is 4.60. The summed E-state index contributed by atoms with van der Waals surface area (Å²) in [4.78, 5) is 13.5. The maximum Gasteiger partial charge on any atom is 0.416 e. The van der Waals surface area contributed by atoms with Crippen molar-refractivity contribution in [3.63, 3.8) is 0 Å². The van der Waals surface area contributed by atoms with Crippen LogP contribution in [0.15, 0.2) is 36.7 Å². The van der Waals surface area contributed by atoms with Crippen LogP contribution in [0.3, 0.4) is 0 Å². The number of hydrogen-bond donors (Lipinski definition) is 2. The lowest BCUT2D eigenvalue weighted by atomic mass is 9.77. The monoisotopic (exact) mass is 435 g/mol. The Kier molecular flexibility index (Phi) is 5.93. The second kappa shape index (κ2) is 8.37. The van der Waals surface area contributed by atoms with E-state index in [2.05, 4.69) is 32.1 Å². The minimum Gasteiger partial charge on any atom is -0.385 e. The molecule has 2 fully saturated rings. The van der Waals surface area contributed by atoms with Crippen molar-refractivity contribution < 1.29 is 18.3 Å². The number of aromatic nitrogens is 2. The fourth-order valence-corrected chi connectivity index (χ4v) is 4.49. The van der Waals surface area contributed by atoms with Crippen LogP contribution in [0, 0.1) is 0 Å². The molecule has 168 valence electrons. The van der Waals surface area contributed by atoms with Crippen LogP contribution < -0.4 is 10.2 Å². The number of halogens is 3. The number of nitrogens with zero attached hydrogens (tertiary/aromatic N) is 4. The van der Waals surface area contributed by atoms with E-state index in [9.17, 15) is 18.3 Å². The van der Waals surface area contributed by atoms with Gasteiger partial charge in [0, 0.05) is 56.2 Å². The van der Waals surface area contributed by atoms with E-state index in [0.717, 1.165) is 43.9 Å². The highest BCUT2D eigenvalue weighted by molar-refractivity contribution is 5.33. The maximum absolute atomic E-state index is 12.9. The second-order valence-electron chi connectivity index (χ2n) is 8.74. The molecule has 2 aliphatic rings. The van der Waals surface area contributed by atoms with E-state index in [1.807, 2.05) is 6.92 Å². The van der Waals surface area contributed by atoms with E-state index in [1.165, 1.54) is 12.1 Å². The van der Waals surface area contributed by atoms with E-state index in [1.54, 1.807) is 12.4 Å². The Bertz CT molecular complexity index is 882. The normalized spacial score (nSPS) is 28.0. The molecule has 0 bridgehead atoms. The van der Waals surface area contributed by atoms with Crippen molar-refractivity contribution in [2.24, 2.45) is 0 Å². The summed E-state index contributed by atoms with van der Waals surface area (Å²) in [6.07, 6.45) is -0.0873. The summed E-state index contributed by atoms with van der Waals surface area (Å²) >= 11 is 0. The van der Waals surface area contributed by atoms with E-state index >= 15 is 0 Å². The first kappa shape index (κ1) is 22.0. The number of rotatable bonds is 3. The molecule has 1 aromatic heterocycles. The zero-order chi connectivity index (χ0) is 22.2. The molecule has 2 N–H and O–H groups in total. The van der Waals surface area contributed by atoms with Crippen LogP contribution in [0.4, 0.5) is 19.1 Å². The van der Waals surface area contributed by atoms with Crippen molar-refractivity contribution in [3.8, 4) is 0 Å². The first-order valence-corrected chi connectivity index (χ1v) is 10.6. The first-order chi connectivity index (χ1) is 14.6. The molecule has 2 aliphatic heterocycles. The molecule has 0 spiro atoms. The van der Waals surface area contributed by atoms with Crippen molar-refractivity contribution in [1.82, 2.24) is 20.2 Å². The standard InChI is InChI=1S/C22H28F3N5O/c1-15-11-21(31,17-3-5-18(6-4-17)22(23,24)25)12-19(28-15)16-13-26-20(27-14-16)30-9-7-29(2)8-10-30/h3-6,13-15,19,28,31H,7-12H2,1-2H3/t15-,19-,21?/m0/s1. The van der Waals surface area contributed by atoms with Crippen molar-refractivity contribution in [1.29, 1.82) is 0 Å². The van der Waals surface area contributed by atoms with Crippen molar-refractivity contribution in [2.75, 3.05) is 38.1 Å². The molecule has 9 heteroatoms. The number of anilines is 1. The molecule has 2 aromatic rings. The Labute approximate surface area is 180 Å². The van der Waals surface area contributed by atoms with Gasteiger partial charge in [-0.1, -0.05) is 12.1 Å². The summed E-state index contributed by atoms with van der Waals surface area (Å²) in [5.74, 6) is 0.693. The molecule has 4 rings (SSSR count). The second-order valence-corrected chi connectivity index (χ2v) is 8.74. The highest BCUT2D eigenvalue weighted by atomic mass is 19.4. The molecule has 1 unspecified atom stereocenters. The molecule has 0 aliphatic carbocycles. The van der Waals surface area contributed by atoms with Gasteiger partial charge < -0.3 is 20.2 Å². The average molecular weight is 435 g/mol. The van der Waals surface area contributed by atoms with Gasteiger partial charge in [0.25, 0.3) is 0 Å². The first-order valence-electron chi connectivity index (χ1n) is 10.6. The van der Waals surface area contributed by atoms with E-state index < -0.39 is 17.3 Å². The zero-order valence-electron chi connectivity index (χ0n) is 17.7. The number of nitrogens with one attached hydrogen (secondary N) is 1. The van der Waals surface area contributed by atoms with Gasteiger partial charge in [0.2, 0.25) is 5.95 Å². The lowest BCUT2D eigenvalue weighted by molar-refractivity contribution is -0.137. The molecule has 3 atom stereocenters. The molecular formula is C22H28F3N5O. The lowest BCUT2D eigenvalue weighted by Gasteiger charge is -2.41. The van der Waals surface area contributed by atoms with Gasteiger partial charge in [0.05, 0.1) is 11.2 Å². The predicted octanol–water partition coefficient (Wildman–Crippen LogP) is 2.95. The highest BCUT2D eigenvalue weighted by Crippen LogP contribution is 2.41. The minimum absolute atomic E-state index is 0.0247. The smallest absolute Gasteiger partial charge is 0.385 e. The SMILES string of the molecule is C[C@H]1CC(O)(c2ccc(C(F)(F)F)cc2)C[C@@H](c2cnc(N3CCN(C)CC3)nc2)N1. The number of alkyl halides is 3. The molecule has 0 amide bonds. The molecule has 3 heterocycles. The van der Waals surface area contributed by atoms with Gasteiger partial charge in [-0.05, 0) is 44.5 Å². The molecule has 0 radical (unpaired) electrons. The number of aliphatic hydroxyl groups is 1. The third-order valence-corrected chi connectivity index (χ3v) is 6.27. The summed E-state index contributed by atoms with van der Waals surface area (Å²) < 4.78 is 38.7. The lowest BCUT2D eigenvalue weighted by Crippen LogP contribution is -2.47. The summed E-state index contributed by atoms with van der Waals surface area (Å²) in [5, 5.41) is 14.8. The third kappa shape index (κ3) is 4.83. The number of benzene rings is 1. The summed E-state index contributed by atoms with van der Waals surface area (Å²) in [6.45, 7) is 5.64. The van der Waals surface area contributed by atoms with Crippen LogP contribution in [-0.4, -0.2) is 59.2 Å². The molecule has 1 aromatic carbocycles. The Balaban J connectivity index is 1.50. The van der Waals surface area contributed by atoms with Crippen LogP contribution in [0.2, 0.25) is 0 Å². The van der Waals surface area contributed by atoms with Gasteiger partial charge in [-0.15, -0.1) is 0 Å². The highest BCUT2D eigenvalue weighted by Gasteiger charge is 2.40. The number of likely N-dealkylation sites (N-methyl/N-ethyl adjacent to an activating group) is 1.